The van der Waals surface area contributed by atoms with E-state index in [1.54, 1.807) is 24.3 Å². The number of ether oxygens (including phenoxy) is 2. The molecule has 8 heteroatoms. The number of aromatic nitrogens is 2. The minimum Gasteiger partial charge on any atom is -0.424 e. The number of carbonyl (C=O) groups is 1. The highest BCUT2D eigenvalue weighted by atomic mass is 19.1. The summed E-state index contributed by atoms with van der Waals surface area (Å²) in [5.41, 5.74) is 1.51. The van der Waals surface area contributed by atoms with Crippen LogP contribution in [0.1, 0.15) is 30.4 Å². The van der Waals surface area contributed by atoms with E-state index >= 15 is 0 Å². The van der Waals surface area contributed by atoms with Crippen LogP contribution >= 0.6 is 0 Å². The van der Waals surface area contributed by atoms with Crippen LogP contribution in [0.2, 0.25) is 0 Å². The predicted octanol–water partition coefficient (Wildman–Crippen LogP) is 4.52. The van der Waals surface area contributed by atoms with Crippen LogP contribution in [0, 0.1) is 5.82 Å². The maximum atomic E-state index is 13.3. The van der Waals surface area contributed by atoms with E-state index in [0.717, 1.165) is 17.5 Å². The van der Waals surface area contributed by atoms with Gasteiger partial charge in [-0.3, -0.25) is 4.79 Å². The molecule has 0 radical (unpaired) electrons. The molecule has 0 aliphatic carbocycles. The highest BCUT2D eigenvalue weighted by Gasteiger charge is 2.31. The van der Waals surface area contributed by atoms with Crippen molar-refractivity contribution in [3.05, 3.63) is 71.5 Å². The summed E-state index contributed by atoms with van der Waals surface area (Å²) in [6.45, 7) is 3.81. The van der Waals surface area contributed by atoms with Crippen LogP contribution in [0.3, 0.4) is 0 Å². The fourth-order valence-corrected chi connectivity index (χ4v) is 3.50. The van der Waals surface area contributed by atoms with Crippen LogP contribution in [0.15, 0.2) is 54.6 Å². The van der Waals surface area contributed by atoms with E-state index in [1.165, 1.54) is 12.1 Å². The summed E-state index contributed by atoms with van der Waals surface area (Å²) >= 11 is 0. The summed E-state index contributed by atoms with van der Waals surface area (Å²) in [6.07, 6.45) is 1.33. The molecule has 2 N–H and O–H groups in total. The Morgan fingerprint density at radius 2 is 1.88 bits per heavy atom. The van der Waals surface area contributed by atoms with Crippen LogP contribution in [0.25, 0.3) is 0 Å². The molecule has 1 aromatic heterocycles. The third-order valence-electron chi connectivity index (χ3n) is 5.06. The fourth-order valence-electron chi connectivity index (χ4n) is 3.50. The molecule has 7 nitrogen and oxygen atoms in total. The zero-order valence-electron chi connectivity index (χ0n) is 17.8. The van der Waals surface area contributed by atoms with Gasteiger partial charge in [0.05, 0.1) is 12.5 Å². The molecular weight excluding hydrogens is 411 g/mol. The summed E-state index contributed by atoms with van der Waals surface area (Å²) in [4.78, 5) is 21.8. The van der Waals surface area contributed by atoms with Crippen molar-refractivity contribution in [2.75, 3.05) is 30.4 Å². The highest BCUT2D eigenvalue weighted by Crippen LogP contribution is 2.36. The Morgan fingerprint density at radius 3 is 2.62 bits per heavy atom. The topological polar surface area (TPSA) is 85.4 Å². The minimum absolute atomic E-state index is 0.132. The fraction of sp³-hybridized carbons (Fsp3) is 0.292. The number of benzene rings is 2. The number of nitrogens with zero attached hydrogens (tertiary/aromatic N) is 2. The normalized spacial score (nSPS) is 15.1. The van der Waals surface area contributed by atoms with E-state index < -0.39 is 5.92 Å². The van der Waals surface area contributed by atoms with Gasteiger partial charge in [-0.2, -0.15) is 9.97 Å². The second-order valence-corrected chi connectivity index (χ2v) is 7.43. The zero-order valence-corrected chi connectivity index (χ0v) is 17.8. The average molecular weight is 436 g/mol. The SMILES string of the molecule is CCCOCCNc1nc(Oc2ccccc2)nc2c1CC(c1ccc(F)cc1)C(=O)N2. The Hall–Kier alpha value is -3.52. The third-order valence-corrected chi connectivity index (χ3v) is 5.06. The molecule has 1 aliphatic heterocycles. The van der Waals surface area contributed by atoms with Crippen LogP contribution < -0.4 is 15.4 Å². The molecule has 3 aromatic rings. The van der Waals surface area contributed by atoms with Gasteiger partial charge >= 0.3 is 6.01 Å². The van der Waals surface area contributed by atoms with E-state index in [1.807, 2.05) is 18.2 Å². The zero-order chi connectivity index (χ0) is 22.3. The first-order valence-electron chi connectivity index (χ1n) is 10.7. The number of anilines is 2. The monoisotopic (exact) mass is 436 g/mol. The largest absolute Gasteiger partial charge is 0.424 e. The molecule has 0 fully saturated rings. The molecule has 1 unspecified atom stereocenters. The minimum atomic E-state index is -0.468. The van der Waals surface area contributed by atoms with Crippen LogP contribution in [-0.4, -0.2) is 35.6 Å². The van der Waals surface area contributed by atoms with Gasteiger partial charge in [-0.25, -0.2) is 4.39 Å². The molecule has 0 bridgehead atoms. The molecular formula is C24H25FN4O3. The number of nitrogens with one attached hydrogen (secondary N) is 2. The lowest BCUT2D eigenvalue weighted by molar-refractivity contribution is -0.117. The Bertz CT molecular complexity index is 1060. The number of carbonyl (C=O) groups excluding carboxylic acids is 1. The molecule has 166 valence electrons. The van der Waals surface area contributed by atoms with Crippen molar-refractivity contribution in [1.82, 2.24) is 9.97 Å². The van der Waals surface area contributed by atoms with Crippen LogP contribution in [0.5, 0.6) is 11.8 Å². The van der Waals surface area contributed by atoms with Crippen molar-refractivity contribution in [3.8, 4) is 11.8 Å². The van der Waals surface area contributed by atoms with Gasteiger partial charge in [-0.05, 0) is 42.7 Å². The highest BCUT2D eigenvalue weighted by molar-refractivity contribution is 5.99. The molecule has 0 spiro atoms. The van der Waals surface area contributed by atoms with Gasteiger partial charge in [-0.1, -0.05) is 37.3 Å². The van der Waals surface area contributed by atoms with E-state index in [9.17, 15) is 9.18 Å². The van der Waals surface area contributed by atoms with Crippen molar-refractivity contribution >= 4 is 17.5 Å². The molecule has 4 rings (SSSR count). The number of hydrogen-bond donors (Lipinski definition) is 2. The maximum absolute atomic E-state index is 13.3. The lowest BCUT2D eigenvalue weighted by Crippen LogP contribution is -2.30. The first-order chi connectivity index (χ1) is 15.6. The molecule has 0 saturated heterocycles. The number of halogens is 1. The Balaban J connectivity index is 1.61. The smallest absolute Gasteiger partial charge is 0.325 e. The lowest BCUT2D eigenvalue weighted by Gasteiger charge is -2.26. The molecule has 1 amide bonds. The number of fused-ring (bicyclic) bond motifs is 1. The number of amides is 1. The quantitative estimate of drug-likeness (QED) is 0.480. The lowest BCUT2D eigenvalue weighted by atomic mass is 9.89. The summed E-state index contributed by atoms with van der Waals surface area (Å²) < 4.78 is 24.7. The van der Waals surface area contributed by atoms with E-state index in [4.69, 9.17) is 9.47 Å². The summed E-state index contributed by atoms with van der Waals surface area (Å²) in [7, 11) is 0. The Labute approximate surface area is 186 Å². The van der Waals surface area contributed by atoms with E-state index in [-0.39, 0.29) is 17.7 Å². The van der Waals surface area contributed by atoms with E-state index in [2.05, 4.69) is 27.5 Å². The molecule has 32 heavy (non-hydrogen) atoms. The molecule has 0 saturated carbocycles. The van der Waals surface area contributed by atoms with Crippen molar-refractivity contribution < 1.29 is 18.7 Å². The molecule has 1 aliphatic rings. The predicted molar refractivity (Wildman–Crippen MR) is 120 cm³/mol. The van der Waals surface area contributed by atoms with Gasteiger partial charge in [0.15, 0.2) is 0 Å². The first kappa shape index (κ1) is 21.7. The van der Waals surface area contributed by atoms with Gasteiger partial charge in [0.25, 0.3) is 0 Å². The van der Waals surface area contributed by atoms with Crippen molar-refractivity contribution in [2.24, 2.45) is 0 Å². The van der Waals surface area contributed by atoms with Gasteiger partial charge in [-0.15, -0.1) is 0 Å². The van der Waals surface area contributed by atoms with Gasteiger partial charge < -0.3 is 20.1 Å². The number of rotatable bonds is 9. The van der Waals surface area contributed by atoms with Crippen molar-refractivity contribution in [3.63, 3.8) is 0 Å². The molecule has 1 atom stereocenters. The van der Waals surface area contributed by atoms with Crippen molar-refractivity contribution in [2.45, 2.75) is 25.7 Å². The Morgan fingerprint density at radius 1 is 1.09 bits per heavy atom. The summed E-state index contributed by atoms with van der Waals surface area (Å²) in [5.74, 6) is 0.566. The second kappa shape index (κ2) is 10.2. The number of hydrogen-bond acceptors (Lipinski definition) is 6. The molecule has 2 heterocycles. The van der Waals surface area contributed by atoms with Crippen LogP contribution in [-0.2, 0) is 16.0 Å². The van der Waals surface area contributed by atoms with Crippen molar-refractivity contribution in [1.29, 1.82) is 0 Å². The average Bonchev–Trinajstić information content (AvgIpc) is 2.80. The Kier molecular flexibility index (Phi) is 6.91. The first-order valence-corrected chi connectivity index (χ1v) is 10.7. The summed E-state index contributed by atoms with van der Waals surface area (Å²) in [6, 6.07) is 15.3. The standard InChI is InChI=1S/C24H25FN4O3/c1-2-13-31-14-12-26-21-20-15-19(16-8-10-17(25)11-9-16)23(30)27-22(20)29-24(28-21)32-18-6-4-3-5-7-18/h3-11,19H,2,12-15H2,1H3,(H2,26,27,28,29,30). The van der Waals surface area contributed by atoms with Gasteiger partial charge in [0.1, 0.15) is 23.2 Å². The molecule has 2 aromatic carbocycles. The van der Waals surface area contributed by atoms with Gasteiger partial charge in [0.2, 0.25) is 5.91 Å². The number of para-hydroxylation sites is 1. The maximum Gasteiger partial charge on any atom is 0.325 e. The van der Waals surface area contributed by atoms with Crippen LogP contribution in [0.4, 0.5) is 16.0 Å². The second-order valence-electron chi connectivity index (χ2n) is 7.43. The summed E-state index contributed by atoms with van der Waals surface area (Å²) in [5, 5.41) is 6.15. The van der Waals surface area contributed by atoms with Gasteiger partial charge in [0, 0.05) is 18.7 Å². The third kappa shape index (κ3) is 5.20. The van der Waals surface area contributed by atoms with E-state index in [0.29, 0.717) is 43.6 Å².